The molecule has 5 nitrogen and oxygen atoms in total. The first-order valence-electron chi connectivity index (χ1n) is 7.48. The lowest BCUT2D eigenvalue weighted by molar-refractivity contribution is 0.338. The molecule has 0 bridgehead atoms. The van der Waals surface area contributed by atoms with E-state index in [2.05, 4.69) is 11.1 Å². The molecular weight excluding hydrogens is 324 g/mol. The lowest BCUT2D eigenvalue weighted by Crippen LogP contribution is -2.07. The van der Waals surface area contributed by atoms with E-state index < -0.39 is 10.1 Å². The number of hydrogen-bond acceptors (Lipinski definition) is 4. The number of hydrogen-bond donors (Lipinski definition) is 1. The van der Waals surface area contributed by atoms with Crippen LogP contribution >= 0.6 is 0 Å². The van der Waals surface area contributed by atoms with Gasteiger partial charge in [0.25, 0.3) is 10.1 Å². The van der Waals surface area contributed by atoms with Gasteiger partial charge in [-0.2, -0.15) is 13.7 Å². The summed E-state index contributed by atoms with van der Waals surface area (Å²) in [6.07, 6.45) is 0. The summed E-state index contributed by atoms with van der Waals surface area (Å²) in [5.74, 6) is 0. The normalized spacial score (nSPS) is 11.5. The van der Waals surface area contributed by atoms with Crippen LogP contribution in [0.2, 0.25) is 0 Å². The second kappa shape index (κ2) is 6.11. The molecule has 0 saturated heterocycles. The van der Waals surface area contributed by atoms with E-state index in [-0.39, 0.29) is 11.5 Å². The molecule has 0 amide bonds. The van der Waals surface area contributed by atoms with Gasteiger partial charge in [0.15, 0.2) is 0 Å². The first-order valence-corrected chi connectivity index (χ1v) is 8.89. The Hall–Kier alpha value is -2.62. The molecule has 24 heavy (non-hydrogen) atoms. The van der Waals surface area contributed by atoms with Crippen molar-refractivity contribution < 1.29 is 12.6 Å². The van der Waals surface area contributed by atoms with Crippen LogP contribution in [0.25, 0.3) is 22.2 Å². The van der Waals surface area contributed by atoms with Crippen LogP contribution in [0.4, 0.5) is 0 Å². The summed E-state index contributed by atoms with van der Waals surface area (Å²) in [5.41, 5.74) is 3.49. The number of nitrogens with one attached hydrogen (secondary N) is 1. The molecule has 122 valence electrons. The zero-order chi connectivity index (χ0) is 17.3. The molecule has 6 heteroatoms. The molecule has 3 aromatic rings. The Morgan fingerprint density at radius 2 is 1.96 bits per heavy atom. The summed E-state index contributed by atoms with van der Waals surface area (Å²) >= 11 is 0. The van der Waals surface area contributed by atoms with Crippen molar-refractivity contribution >= 4 is 21.0 Å². The molecule has 0 spiro atoms. The highest BCUT2D eigenvalue weighted by molar-refractivity contribution is 7.87. The van der Waals surface area contributed by atoms with Crippen LogP contribution in [0.3, 0.4) is 0 Å². The summed E-state index contributed by atoms with van der Waals surface area (Å²) in [7, 11) is -3.83. The van der Waals surface area contributed by atoms with Gasteiger partial charge in [0.05, 0.1) is 18.2 Å². The topological polar surface area (TPSA) is 82.9 Å². The van der Waals surface area contributed by atoms with Crippen LogP contribution in [-0.2, 0) is 14.3 Å². The first kappa shape index (κ1) is 16.2. The average Bonchev–Trinajstić information content (AvgIpc) is 2.97. The molecule has 0 aliphatic rings. The molecule has 3 rings (SSSR count). The number of rotatable bonds is 4. The predicted octanol–water partition coefficient (Wildman–Crippen LogP) is 3.74. The van der Waals surface area contributed by atoms with Gasteiger partial charge >= 0.3 is 0 Å². The van der Waals surface area contributed by atoms with E-state index in [4.69, 9.17) is 9.44 Å². The fourth-order valence-corrected chi connectivity index (χ4v) is 3.74. The summed E-state index contributed by atoms with van der Waals surface area (Å²) < 4.78 is 29.7. The highest BCUT2D eigenvalue weighted by Crippen LogP contribution is 2.31. The van der Waals surface area contributed by atoms with Gasteiger partial charge in [0.2, 0.25) is 0 Å². The van der Waals surface area contributed by atoms with Crippen molar-refractivity contribution in [3.8, 4) is 17.3 Å². The Morgan fingerprint density at radius 1 is 1.17 bits per heavy atom. The molecule has 1 heterocycles. The van der Waals surface area contributed by atoms with Crippen molar-refractivity contribution in [2.75, 3.05) is 6.61 Å². The van der Waals surface area contributed by atoms with Crippen molar-refractivity contribution in [2.45, 2.75) is 18.7 Å². The van der Waals surface area contributed by atoms with Gasteiger partial charge in [-0.15, -0.1) is 0 Å². The van der Waals surface area contributed by atoms with Gasteiger partial charge in [0, 0.05) is 22.2 Å². The number of nitriles is 1. The minimum absolute atomic E-state index is 0.0773. The Balaban J connectivity index is 2.22. The summed E-state index contributed by atoms with van der Waals surface area (Å²) in [6, 6.07) is 14.4. The largest absolute Gasteiger partial charge is 0.354 e. The summed E-state index contributed by atoms with van der Waals surface area (Å²) in [4.78, 5) is 3.32. The van der Waals surface area contributed by atoms with E-state index in [1.807, 2.05) is 25.1 Å². The van der Waals surface area contributed by atoms with Crippen LogP contribution in [0.15, 0.2) is 47.4 Å². The highest BCUT2D eigenvalue weighted by atomic mass is 32.2. The molecule has 0 aliphatic heterocycles. The third-order valence-corrected chi connectivity index (χ3v) is 5.16. The SMILES string of the molecule is CCOS(=O)(=O)c1ccc(C)cc1-c1cc2ccc(C#N)cc2[nH]1. The van der Waals surface area contributed by atoms with Crippen molar-refractivity contribution in [1.82, 2.24) is 4.98 Å². The maximum Gasteiger partial charge on any atom is 0.297 e. The van der Waals surface area contributed by atoms with Gasteiger partial charge < -0.3 is 4.98 Å². The van der Waals surface area contributed by atoms with Gasteiger partial charge in [-0.25, -0.2) is 0 Å². The van der Waals surface area contributed by atoms with Gasteiger partial charge in [0.1, 0.15) is 4.90 Å². The van der Waals surface area contributed by atoms with Crippen LogP contribution in [0.5, 0.6) is 0 Å². The molecule has 0 saturated carbocycles. The number of aryl methyl sites for hydroxylation is 1. The van der Waals surface area contributed by atoms with E-state index in [1.54, 1.807) is 31.2 Å². The van der Waals surface area contributed by atoms with Crippen LogP contribution < -0.4 is 0 Å². The summed E-state index contributed by atoms with van der Waals surface area (Å²) in [6.45, 7) is 3.61. The standard InChI is InChI=1S/C18H16N2O3S/c1-3-23-24(21,22)18-7-4-12(2)8-15(18)17-10-14-6-5-13(11-19)9-16(14)20-17/h4-10,20H,3H2,1-2H3. The third-order valence-electron chi connectivity index (χ3n) is 3.72. The molecular formula is C18H16N2O3S. The molecule has 0 atom stereocenters. The molecule has 0 radical (unpaired) electrons. The van der Waals surface area contributed by atoms with E-state index in [1.165, 1.54) is 0 Å². The van der Waals surface area contributed by atoms with Crippen LogP contribution in [0.1, 0.15) is 18.1 Å². The van der Waals surface area contributed by atoms with Gasteiger partial charge in [-0.1, -0.05) is 17.7 Å². The van der Waals surface area contributed by atoms with E-state index in [9.17, 15) is 8.42 Å². The average molecular weight is 340 g/mol. The van der Waals surface area contributed by atoms with Crippen molar-refractivity contribution in [3.63, 3.8) is 0 Å². The Bertz CT molecular complexity index is 1060. The molecule has 1 aromatic heterocycles. The smallest absolute Gasteiger partial charge is 0.297 e. The predicted molar refractivity (Wildman–Crippen MR) is 92.0 cm³/mol. The number of H-pyrrole nitrogens is 1. The number of benzene rings is 2. The second-order valence-electron chi connectivity index (χ2n) is 5.46. The number of nitrogens with zero attached hydrogens (tertiary/aromatic N) is 1. The summed E-state index contributed by atoms with van der Waals surface area (Å²) in [5, 5.41) is 9.92. The lowest BCUT2D eigenvalue weighted by Gasteiger charge is -2.10. The van der Waals surface area contributed by atoms with Gasteiger partial charge in [-0.3, -0.25) is 4.18 Å². The molecule has 0 fully saturated rings. The quantitative estimate of drug-likeness (QED) is 0.733. The van der Waals surface area contributed by atoms with Crippen molar-refractivity contribution in [1.29, 1.82) is 5.26 Å². The minimum Gasteiger partial charge on any atom is -0.354 e. The maximum atomic E-state index is 12.4. The third kappa shape index (κ3) is 2.92. The molecule has 0 aliphatic carbocycles. The maximum absolute atomic E-state index is 12.4. The fourth-order valence-electron chi connectivity index (χ4n) is 2.63. The number of aromatic amines is 1. The van der Waals surface area contributed by atoms with Crippen LogP contribution in [-0.4, -0.2) is 20.0 Å². The van der Waals surface area contributed by atoms with Crippen molar-refractivity contribution in [2.24, 2.45) is 0 Å². The number of fused-ring (bicyclic) bond motifs is 1. The zero-order valence-electron chi connectivity index (χ0n) is 13.3. The van der Waals surface area contributed by atoms with Crippen LogP contribution in [0, 0.1) is 18.3 Å². The molecule has 1 N–H and O–H groups in total. The second-order valence-corrected chi connectivity index (χ2v) is 7.04. The van der Waals surface area contributed by atoms with E-state index in [0.717, 1.165) is 16.5 Å². The van der Waals surface area contributed by atoms with E-state index in [0.29, 0.717) is 16.8 Å². The zero-order valence-corrected chi connectivity index (χ0v) is 14.1. The Labute approximate surface area is 140 Å². The monoisotopic (exact) mass is 340 g/mol. The first-order chi connectivity index (χ1) is 11.4. The number of aromatic nitrogens is 1. The van der Waals surface area contributed by atoms with Crippen molar-refractivity contribution in [3.05, 3.63) is 53.6 Å². The molecule has 2 aromatic carbocycles. The van der Waals surface area contributed by atoms with Gasteiger partial charge in [-0.05, 0) is 44.2 Å². The molecule has 0 unspecified atom stereocenters. The fraction of sp³-hybridized carbons (Fsp3) is 0.167. The Morgan fingerprint density at radius 3 is 2.67 bits per heavy atom. The Kier molecular flexibility index (Phi) is 4.14. The van der Waals surface area contributed by atoms with E-state index >= 15 is 0 Å². The minimum atomic E-state index is -3.83. The highest BCUT2D eigenvalue weighted by Gasteiger charge is 2.21. The lowest BCUT2D eigenvalue weighted by atomic mass is 10.1.